The van der Waals surface area contributed by atoms with Crippen molar-refractivity contribution >= 4 is 17.1 Å². The number of nitrogens with zero attached hydrogens (tertiary/aromatic N) is 3. The summed E-state index contributed by atoms with van der Waals surface area (Å²) >= 11 is 0. The summed E-state index contributed by atoms with van der Waals surface area (Å²) in [6.45, 7) is 0.933. The largest absolute Gasteiger partial charge is 0.362 e. The van der Waals surface area contributed by atoms with E-state index in [1.165, 1.54) is 12.1 Å². The average Bonchev–Trinajstić information content (AvgIpc) is 2.68. The van der Waals surface area contributed by atoms with Crippen molar-refractivity contribution < 1.29 is 9.85 Å². The predicted octanol–water partition coefficient (Wildman–Crippen LogP) is 4.71. The minimum atomic E-state index is -0.611. The van der Waals surface area contributed by atoms with Gasteiger partial charge in [-0.1, -0.05) is 60.7 Å². The zero-order valence-electron chi connectivity index (χ0n) is 14.4. The molecule has 0 fully saturated rings. The Hall–Kier alpha value is -3.74. The van der Waals surface area contributed by atoms with E-state index in [1.807, 2.05) is 65.6 Å². The fourth-order valence-electron chi connectivity index (χ4n) is 2.82. The lowest BCUT2D eigenvalue weighted by molar-refractivity contribution is -0.394. The molecule has 0 spiro atoms. The van der Waals surface area contributed by atoms with Gasteiger partial charge >= 0.3 is 0 Å². The van der Waals surface area contributed by atoms with Crippen molar-refractivity contribution in [1.82, 2.24) is 0 Å². The quantitative estimate of drug-likeness (QED) is 0.448. The first-order chi connectivity index (χ1) is 13.0. The molecular weight excluding hydrogens is 346 g/mol. The molecule has 0 atom stereocenters. The van der Waals surface area contributed by atoms with Crippen LogP contribution >= 0.6 is 0 Å². The number of hydrogen-bond donors (Lipinski definition) is 0. The Morgan fingerprint density at radius 2 is 1.07 bits per heavy atom. The monoisotopic (exact) mass is 363 g/mol. The SMILES string of the molecule is O=[N+]([O-])c1cc(N(Cc2ccccc2)Cc2ccccc2)cc([N+](=O)[O-])c1. The lowest BCUT2D eigenvalue weighted by Gasteiger charge is -2.25. The van der Waals surface area contributed by atoms with Gasteiger partial charge in [0.2, 0.25) is 0 Å². The van der Waals surface area contributed by atoms with Gasteiger partial charge in [-0.05, 0) is 11.1 Å². The van der Waals surface area contributed by atoms with E-state index in [4.69, 9.17) is 0 Å². The molecule has 0 saturated carbocycles. The summed E-state index contributed by atoms with van der Waals surface area (Å²) in [6.07, 6.45) is 0. The molecule has 7 nitrogen and oxygen atoms in total. The molecule has 0 aliphatic rings. The highest BCUT2D eigenvalue weighted by Crippen LogP contribution is 2.30. The van der Waals surface area contributed by atoms with Crippen molar-refractivity contribution in [2.75, 3.05) is 4.90 Å². The second-order valence-corrected chi connectivity index (χ2v) is 6.05. The molecule has 0 amide bonds. The molecule has 0 aliphatic heterocycles. The van der Waals surface area contributed by atoms with E-state index in [9.17, 15) is 20.2 Å². The van der Waals surface area contributed by atoms with Crippen LogP contribution in [-0.4, -0.2) is 9.85 Å². The highest BCUT2D eigenvalue weighted by atomic mass is 16.6. The number of anilines is 1. The Balaban J connectivity index is 2.03. The second-order valence-electron chi connectivity index (χ2n) is 6.05. The summed E-state index contributed by atoms with van der Waals surface area (Å²) in [7, 11) is 0. The molecule has 0 radical (unpaired) electrons. The summed E-state index contributed by atoms with van der Waals surface area (Å²) in [6, 6.07) is 23.0. The van der Waals surface area contributed by atoms with Crippen LogP contribution in [0, 0.1) is 20.2 Å². The first-order valence-corrected chi connectivity index (χ1v) is 8.29. The normalized spacial score (nSPS) is 10.4. The number of rotatable bonds is 7. The molecule has 0 aliphatic carbocycles. The topological polar surface area (TPSA) is 89.5 Å². The van der Waals surface area contributed by atoms with Gasteiger partial charge in [0.05, 0.1) is 21.6 Å². The van der Waals surface area contributed by atoms with Crippen molar-refractivity contribution in [3.8, 4) is 0 Å². The smallest absolute Gasteiger partial charge is 0.278 e. The van der Waals surface area contributed by atoms with Crippen molar-refractivity contribution in [2.45, 2.75) is 13.1 Å². The minimum absolute atomic E-state index is 0.301. The Labute approximate surface area is 155 Å². The Bertz CT molecular complexity index is 872. The van der Waals surface area contributed by atoms with Gasteiger partial charge < -0.3 is 4.90 Å². The number of benzene rings is 3. The van der Waals surface area contributed by atoms with Crippen LogP contribution in [0.2, 0.25) is 0 Å². The molecule has 0 unspecified atom stereocenters. The molecule has 0 bridgehead atoms. The predicted molar refractivity (Wildman–Crippen MR) is 103 cm³/mol. The molecule has 0 aromatic heterocycles. The maximum Gasteiger partial charge on any atom is 0.278 e. The molecular formula is C20H17N3O4. The van der Waals surface area contributed by atoms with Crippen LogP contribution in [0.15, 0.2) is 78.9 Å². The first kappa shape index (κ1) is 18.1. The van der Waals surface area contributed by atoms with Crippen LogP contribution in [0.25, 0.3) is 0 Å². The van der Waals surface area contributed by atoms with Gasteiger partial charge in [0.1, 0.15) is 0 Å². The average molecular weight is 363 g/mol. The summed E-state index contributed by atoms with van der Waals surface area (Å²) < 4.78 is 0. The maximum absolute atomic E-state index is 11.2. The molecule has 136 valence electrons. The lowest BCUT2D eigenvalue weighted by Crippen LogP contribution is -2.22. The van der Waals surface area contributed by atoms with Crippen LogP contribution in [0.4, 0.5) is 17.1 Å². The summed E-state index contributed by atoms with van der Waals surface area (Å²) in [4.78, 5) is 23.1. The van der Waals surface area contributed by atoms with Crippen molar-refractivity contribution in [1.29, 1.82) is 0 Å². The fraction of sp³-hybridized carbons (Fsp3) is 0.100. The van der Waals surface area contributed by atoms with Crippen LogP contribution in [0.3, 0.4) is 0 Å². The number of hydrogen-bond acceptors (Lipinski definition) is 5. The highest BCUT2D eigenvalue weighted by molar-refractivity contribution is 5.60. The van der Waals surface area contributed by atoms with Gasteiger partial charge in [0.25, 0.3) is 11.4 Å². The number of nitro groups is 2. The van der Waals surface area contributed by atoms with Gasteiger partial charge in [-0.25, -0.2) is 0 Å². The molecule has 3 aromatic rings. The standard InChI is InChI=1S/C20H17N3O4/c24-22(25)19-11-18(12-20(13-19)23(26)27)21(14-16-7-3-1-4-8-16)15-17-9-5-2-6-10-17/h1-13H,14-15H2. The molecule has 3 rings (SSSR count). The summed E-state index contributed by atoms with van der Waals surface area (Å²) in [5.74, 6) is 0. The molecule has 27 heavy (non-hydrogen) atoms. The second kappa shape index (κ2) is 8.09. The van der Waals surface area contributed by atoms with Crippen LogP contribution in [-0.2, 0) is 13.1 Å². The number of non-ortho nitro benzene ring substituents is 2. The van der Waals surface area contributed by atoms with E-state index in [-0.39, 0.29) is 11.4 Å². The van der Waals surface area contributed by atoms with Gasteiger partial charge in [-0.3, -0.25) is 20.2 Å². The Kier molecular flexibility index (Phi) is 5.41. The Morgan fingerprint density at radius 1 is 0.667 bits per heavy atom. The molecule has 3 aromatic carbocycles. The maximum atomic E-state index is 11.2. The van der Waals surface area contributed by atoms with E-state index >= 15 is 0 Å². The van der Waals surface area contributed by atoms with E-state index < -0.39 is 9.85 Å². The zero-order valence-corrected chi connectivity index (χ0v) is 14.4. The molecule has 0 N–H and O–H groups in total. The third-order valence-electron chi connectivity index (χ3n) is 4.11. The molecule has 7 heteroatoms. The third-order valence-corrected chi connectivity index (χ3v) is 4.11. The third kappa shape index (κ3) is 4.66. The van der Waals surface area contributed by atoms with Crippen LogP contribution < -0.4 is 4.90 Å². The van der Waals surface area contributed by atoms with Gasteiger partial charge in [-0.2, -0.15) is 0 Å². The fourth-order valence-corrected chi connectivity index (χ4v) is 2.82. The van der Waals surface area contributed by atoms with Crippen LogP contribution in [0.5, 0.6) is 0 Å². The highest BCUT2D eigenvalue weighted by Gasteiger charge is 2.20. The molecule has 0 saturated heterocycles. The van der Waals surface area contributed by atoms with Crippen molar-refractivity contribution in [2.24, 2.45) is 0 Å². The lowest BCUT2D eigenvalue weighted by atomic mass is 10.1. The van der Waals surface area contributed by atoms with Crippen LogP contribution in [0.1, 0.15) is 11.1 Å². The molecule has 0 heterocycles. The zero-order chi connectivity index (χ0) is 19.2. The first-order valence-electron chi connectivity index (χ1n) is 8.29. The van der Waals surface area contributed by atoms with Crippen molar-refractivity contribution in [3.63, 3.8) is 0 Å². The van der Waals surface area contributed by atoms with E-state index in [1.54, 1.807) is 0 Å². The van der Waals surface area contributed by atoms with Crippen molar-refractivity contribution in [3.05, 3.63) is 110 Å². The van der Waals surface area contributed by atoms with Gasteiger partial charge in [0.15, 0.2) is 0 Å². The van der Waals surface area contributed by atoms with Gasteiger partial charge in [0, 0.05) is 25.2 Å². The minimum Gasteiger partial charge on any atom is -0.362 e. The summed E-state index contributed by atoms with van der Waals surface area (Å²) in [5, 5.41) is 22.5. The summed E-state index contributed by atoms with van der Waals surface area (Å²) in [5.41, 5.74) is 1.84. The van der Waals surface area contributed by atoms with Gasteiger partial charge in [-0.15, -0.1) is 0 Å². The van der Waals surface area contributed by atoms with E-state index in [0.29, 0.717) is 18.8 Å². The van der Waals surface area contributed by atoms with E-state index in [0.717, 1.165) is 17.2 Å². The van der Waals surface area contributed by atoms with E-state index in [2.05, 4.69) is 0 Å². The number of nitro benzene ring substituents is 2. The Morgan fingerprint density at radius 3 is 1.44 bits per heavy atom.